The predicted octanol–water partition coefficient (Wildman–Crippen LogP) is 3.28. The normalized spacial score (nSPS) is 20.4. The van der Waals surface area contributed by atoms with E-state index in [1.165, 1.54) is 24.3 Å². The van der Waals surface area contributed by atoms with Crippen molar-refractivity contribution in [3.05, 3.63) is 64.5 Å². The maximum absolute atomic E-state index is 14.9. The fourth-order valence-corrected chi connectivity index (χ4v) is 4.25. The van der Waals surface area contributed by atoms with Gasteiger partial charge in [-0.15, -0.1) is 0 Å². The van der Waals surface area contributed by atoms with Gasteiger partial charge in [-0.1, -0.05) is 18.2 Å². The van der Waals surface area contributed by atoms with Crippen molar-refractivity contribution in [2.45, 2.75) is 51.1 Å². The van der Waals surface area contributed by atoms with Crippen LogP contribution in [0.25, 0.3) is 0 Å². The third-order valence-electron chi connectivity index (χ3n) is 5.98. The first-order chi connectivity index (χ1) is 17.0. The number of ether oxygens (including phenoxy) is 1. The van der Waals surface area contributed by atoms with Gasteiger partial charge in [-0.25, -0.2) is 4.39 Å². The molecule has 2 aliphatic rings. The zero-order valence-electron chi connectivity index (χ0n) is 19.8. The van der Waals surface area contributed by atoms with E-state index in [2.05, 4.69) is 5.32 Å². The van der Waals surface area contributed by atoms with Crippen molar-refractivity contribution >= 4 is 23.5 Å². The standard InChI is InChI=1S/C25H23F3N2O5/c1-2-35-19-5-3-4-17(26)22(19)25(27,28)20(31)10-7-14-6-8-16-15(12-14)13-30(24(16)34)18-9-11-21(32)29-23(18)33/h3-6,8,12,18H,2,7,9-11,13H2,1H3,(H,29,32,33)/i18D. The fourth-order valence-electron chi connectivity index (χ4n) is 4.25. The van der Waals surface area contributed by atoms with Crippen molar-refractivity contribution in [2.24, 2.45) is 0 Å². The Bertz CT molecular complexity index is 1270. The van der Waals surface area contributed by atoms with E-state index in [0.717, 1.165) is 11.0 Å². The highest BCUT2D eigenvalue weighted by molar-refractivity contribution is 6.05. The minimum absolute atomic E-state index is 0.0170. The van der Waals surface area contributed by atoms with Crippen LogP contribution in [0.3, 0.4) is 0 Å². The molecule has 0 spiro atoms. The van der Waals surface area contributed by atoms with Crippen molar-refractivity contribution in [3.8, 4) is 5.75 Å². The quantitative estimate of drug-likeness (QED) is 0.575. The summed E-state index contributed by atoms with van der Waals surface area (Å²) in [4.78, 5) is 50.1. The van der Waals surface area contributed by atoms with Crippen LogP contribution in [0, 0.1) is 5.82 Å². The molecule has 1 atom stereocenters. The highest BCUT2D eigenvalue weighted by Crippen LogP contribution is 2.39. The second-order valence-corrected chi connectivity index (χ2v) is 8.25. The Morgan fingerprint density at radius 3 is 2.74 bits per heavy atom. The lowest BCUT2D eigenvalue weighted by molar-refractivity contribution is -0.145. The lowest BCUT2D eigenvalue weighted by atomic mass is 9.96. The van der Waals surface area contributed by atoms with Gasteiger partial charge in [-0.3, -0.25) is 24.5 Å². The maximum atomic E-state index is 14.9. The lowest BCUT2D eigenvalue weighted by Crippen LogP contribution is -2.52. The summed E-state index contributed by atoms with van der Waals surface area (Å²) in [5.74, 6) is -9.19. The first-order valence-corrected chi connectivity index (χ1v) is 11.1. The summed E-state index contributed by atoms with van der Waals surface area (Å²) in [7, 11) is 0. The number of Topliss-reactive ketones (excluding diaryl/α,β-unsaturated/α-hetero) is 1. The highest BCUT2D eigenvalue weighted by Gasteiger charge is 2.45. The van der Waals surface area contributed by atoms with Gasteiger partial charge < -0.3 is 9.64 Å². The van der Waals surface area contributed by atoms with Crippen LogP contribution in [0.5, 0.6) is 5.75 Å². The molecular formula is C25H23F3N2O5. The Labute approximate surface area is 200 Å². The van der Waals surface area contributed by atoms with Gasteiger partial charge in [0.15, 0.2) is 0 Å². The Kier molecular flexibility index (Phi) is 6.27. The van der Waals surface area contributed by atoms with Crippen LogP contribution >= 0.6 is 0 Å². The number of hydrogen-bond donors (Lipinski definition) is 1. The van der Waals surface area contributed by atoms with E-state index < -0.39 is 59.0 Å². The Hall–Kier alpha value is -3.69. The van der Waals surface area contributed by atoms with E-state index in [1.54, 1.807) is 13.0 Å². The summed E-state index contributed by atoms with van der Waals surface area (Å²) in [5, 5.41) is 2.08. The number of ketones is 1. The number of nitrogens with one attached hydrogen (secondary N) is 1. The smallest absolute Gasteiger partial charge is 0.336 e. The molecule has 0 saturated carbocycles. The number of imide groups is 1. The van der Waals surface area contributed by atoms with Crippen molar-refractivity contribution in [3.63, 3.8) is 0 Å². The van der Waals surface area contributed by atoms with E-state index in [-0.39, 0.29) is 38.0 Å². The highest BCUT2D eigenvalue weighted by atomic mass is 19.3. The molecule has 7 nitrogen and oxygen atoms in total. The molecule has 2 heterocycles. The van der Waals surface area contributed by atoms with Crippen molar-refractivity contribution in [1.29, 1.82) is 0 Å². The number of rotatable bonds is 8. The molecule has 35 heavy (non-hydrogen) atoms. The minimum atomic E-state index is -4.11. The Morgan fingerprint density at radius 2 is 2.03 bits per heavy atom. The van der Waals surface area contributed by atoms with Gasteiger partial charge in [-0.2, -0.15) is 8.78 Å². The zero-order valence-corrected chi connectivity index (χ0v) is 18.8. The number of hydrogen-bond acceptors (Lipinski definition) is 5. The monoisotopic (exact) mass is 489 g/mol. The summed E-state index contributed by atoms with van der Waals surface area (Å²) >= 11 is 0. The average molecular weight is 489 g/mol. The Morgan fingerprint density at radius 1 is 1.26 bits per heavy atom. The van der Waals surface area contributed by atoms with Crippen LogP contribution < -0.4 is 10.1 Å². The summed E-state index contributed by atoms with van der Waals surface area (Å²) < 4.78 is 57.7. The number of piperidine rings is 1. The van der Waals surface area contributed by atoms with Gasteiger partial charge >= 0.3 is 5.92 Å². The van der Waals surface area contributed by atoms with E-state index in [1.807, 2.05) is 0 Å². The van der Waals surface area contributed by atoms with Gasteiger partial charge in [-0.05, 0) is 49.1 Å². The van der Waals surface area contributed by atoms with Crippen LogP contribution in [-0.4, -0.2) is 41.0 Å². The molecule has 2 aromatic rings. The lowest BCUT2D eigenvalue weighted by Gasteiger charge is -2.29. The molecule has 0 bridgehead atoms. The molecule has 1 unspecified atom stereocenters. The number of amides is 3. The van der Waals surface area contributed by atoms with Crippen LogP contribution in [0.15, 0.2) is 36.4 Å². The molecule has 0 aliphatic carbocycles. The summed E-state index contributed by atoms with van der Waals surface area (Å²) in [5.41, 5.74) is 0.102. The van der Waals surface area contributed by atoms with Crippen molar-refractivity contribution in [1.82, 2.24) is 10.2 Å². The molecule has 1 saturated heterocycles. The van der Waals surface area contributed by atoms with Crippen molar-refractivity contribution < 1.29 is 38.5 Å². The van der Waals surface area contributed by atoms with Crippen LogP contribution in [-0.2, 0) is 33.3 Å². The molecule has 1 N–H and O–H groups in total. The fraction of sp³-hybridized carbons (Fsp3) is 0.360. The summed E-state index contributed by atoms with van der Waals surface area (Å²) in [6.45, 7) is 1.49. The number of aryl methyl sites for hydroxylation is 1. The second-order valence-electron chi connectivity index (χ2n) is 8.25. The van der Waals surface area contributed by atoms with Gasteiger partial charge in [0.25, 0.3) is 5.91 Å². The molecule has 184 valence electrons. The van der Waals surface area contributed by atoms with Crippen LogP contribution in [0.1, 0.15) is 54.6 Å². The molecule has 4 rings (SSSR count). The van der Waals surface area contributed by atoms with E-state index in [9.17, 15) is 32.3 Å². The van der Waals surface area contributed by atoms with Crippen LogP contribution in [0.4, 0.5) is 13.2 Å². The maximum Gasteiger partial charge on any atom is 0.336 e. The number of benzene rings is 2. The number of carbonyl (C=O) groups is 4. The molecule has 3 amide bonds. The van der Waals surface area contributed by atoms with Gasteiger partial charge in [0.1, 0.15) is 23.1 Å². The van der Waals surface area contributed by atoms with E-state index >= 15 is 0 Å². The van der Waals surface area contributed by atoms with Gasteiger partial charge in [0.05, 0.1) is 7.98 Å². The van der Waals surface area contributed by atoms with Gasteiger partial charge in [0.2, 0.25) is 17.6 Å². The predicted molar refractivity (Wildman–Crippen MR) is 117 cm³/mol. The van der Waals surface area contributed by atoms with Crippen molar-refractivity contribution in [2.75, 3.05) is 6.61 Å². The third kappa shape index (κ3) is 4.65. The molecule has 2 aliphatic heterocycles. The number of carbonyl (C=O) groups excluding carboxylic acids is 4. The second kappa shape index (κ2) is 9.52. The number of fused-ring (bicyclic) bond motifs is 1. The molecule has 1 fully saturated rings. The molecule has 2 aromatic carbocycles. The minimum Gasteiger partial charge on any atom is -0.493 e. The van der Waals surface area contributed by atoms with E-state index in [0.29, 0.717) is 11.1 Å². The number of nitrogens with zero attached hydrogens (tertiary/aromatic N) is 1. The molecule has 0 aromatic heterocycles. The number of halogens is 3. The SMILES string of the molecule is [2H]C1(N2Cc3cc(CCC(=O)C(F)(F)c4c(F)cccc4OCC)ccc3C2=O)CCC(=O)NC1=O. The first kappa shape index (κ1) is 23.1. The van der Waals surface area contributed by atoms with Gasteiger partial charge in [0, 0.05) is 24.9 Å². The number of alkyl halides is 2. The Balaban J connectivity index is 1.49. The summed E-state index contributed by atoms with van der Waals surface area (Å²) in [6, 6.07) is 5.80. The topological polar surface area (TPSA) is 92.8 Å². The van der Waals surface area contributed by atoms with E-state index in [4.69, 9.17) is 6.11 Å². The molecule has 0 radical (unpaired) electrons. The average Bonchev–Trinajstić information content (AvgIpc) is 3.16. The molecule has 10 heteroatoms. The molecular weight excluding hydrogens is 465 g/mol. The van der Waals surface area contributed by atoms with Crippen LogP contribution in [0.2, 0.25) is 0 Å². The third-order valence-corrected chi connectivity index (χ3v) is 5.98. The zero-order chi connectivity index (χ0) is 26.3. The largest absolute Gasteiger partial charge is 0.493 e. The summed E-state index contributed by atoms with van der Waals surface area (Å²) in [6.07, 6.45) is -0.927. The first-order valence-electron chi connectivity index (χ1n) is 11.6.